The Morgan fingerprint density at radius 2 is 1.79 bits per heavy atom. The van der Waals surface area contributed by atoms with Crippen LogP contribution in [0, 0.1) is 28.6 Å². The van der Waals surface area contributed by atoms with E-state index in [1.165, 1.54) is 0 Å². The molecule has 7 nitrogen and oxygen atoms in total. The van der Waals surface area contributed by atoms with Gasteiger partial charge in [0.15, 0.2) is 0 Å². The van der Waals surface area contributed by atoms with Crippen LogP contribution in [0.1, 0.15) is 19.4 Å². The van der Waals surface area contributed by atoms with E-state index >= 15 is 0 Å². The van der Waals surface area contributed by atoms with E-state index in [9.17, 15) is 10.5 Å². The highest BCUT2D eigenvalue weighted by molar-refractivity contribution is 6.13. The van der Waals surface area contributed by atoms with E-state index in [1.54, 1.807) is 11.1 Å². The Hall–Kier alpha value is -4.33. The number of hydrogen-bond acceptors (Lipinski definition) is 7. The zero-order valence-corrected chi connectivity index (χ0v) is 19.1. The maximum absolute atomic E-state index is 10.1. The van der Waals surface area contributed by atoms with Gasteiger partial charge < -0.3 is 15.2 Å². The molecule has 0 amide bonds. The first-order valence-corrected chi connectivity index (χ1v) is 11.1. The summed E-state index contributed by atoms with van der Waals surface area (Å²) in [6.45, 7) is 4.84. The monoisotopic (exact) mass is 451 g/mol. The summed E-state index contributed by atoms with van der Waals surface area (Å²) < 4.78 is 11.6. The quantitative estimate of drug-likeness (QED) is 0.515. The maximum Gasteiger partial charge on any atom is 0.127 e. The molecule has 2 N–H and O–H groups in total. The Morgan fingerprint density at radius 1 is 1.06 bits per heavy atom. The van der Waals surface area contributed by atoms with E-state index in [0.29, 0.717) is 24.7 Å². The maximum atomic E-state index is 10.1. The van der Waals surface area contributed by atoms with Gasteiger partial charge in [0, 0.05) is 5.56 Å². The molecular formula is C27H25N5O2. The van der Waals surface area contributed by atoms with E-state index in [0.717, 1.165) is 27.8 Å². The van der Waals surface area contributed by atoms with Gasteiger partial charge in [0.25, 0.3) is 0 Å². The molecule has 3 aromatic rings. The largest absolute Gasteiger partial charge is 0.494 e. The van der Waals surface area contributed by atoms with Crippen LogP contribution in [-0.4, -0.2) is 25.1 Å². The van der Waals surface area contributed by atoms with Gasteiger partial charge in [-0.1, -0.05) is 30.3 Å². The normalized spacial score (nSPS) is 17.7. The van der Waals surface area contributed by atoms with Gasteiger partial charge in [-0.3, -0.25) is 0 Å². The lowest BCUT2D eigenvalue weighted by atomic mass is 9.94. The molecule has 0 spiro atoms. The van der Waals surface area contributed by atoms with Crippen molar-refractivity contribution in [3.8, 4) is 23.6 Å². The summed E-state index contributed by atoms with van der Waals surface area (Å²) >= 11 is 0. The number of rotatable bonds is 7. The van der Waals surface area contributed by atoms with Crippen molar-refractivity contribution in [2.75, 3.05) is 18.2 Å². The highest BCUT2D eigenvalue weighted by atomic mass is 16.5. The summed E-state index contributed by atoms with van der Waals surface area (Å²) in [5.74, 6) is 0.588. The lowest BCUT2D eigenvalue weighted by molar-refractivity contribution is 0.339. The molecule has 34 heavy (non-hydrogen) atoms. The number of nitriles is 2. The SMILES string of the molecule is CCOc1ccc2ccc(OCC)c(/C=C(/C#N)C3=NN(c4ccccc4)[C@@H](N)[C@H]3C#N)c2c1. The molecule has 170 valence electrons. The number of ether oxygens (including phenoxy) is 2. The zero-order valence-electron chi connectivity index (χ0n) is 19.1. The first-order valence-electron chi connectivity index (χ1n) is 11.1. The van der Waals surface area contributed by atoms with Crippen LogP contribution >= 0.6 is 0 Å². The van der Waals surface area contributed by atoms with E-state index in [2.05, 4.69) is 17.2 Å². The molecule has 7 heteroatoms. The zero-order chi connectivity index (χ0) is 24.1. The van der Waals surface area contributed by atoms with E-state index < -0.39 is 12.1 Å². The van der Waals surface area contributed by atoms with Crippen molar-refractivity contribution in [2.45, 2.75) is 20.0 Å². The number of nitrogens with zero attached hydrogens (tertiary/aromatic N) is 4. The number of para-hydroxylation sites is 1. The number of nitrogens with two attached hydrogens (primary N) is 1. The topological polar surface area (TPSA) is 108 Å². The van der Waals surface area contributed by atoms with Gasteiger partial charge in [-0.2, -0.15) is 15.6 Å². The molecule has 1 aliphatic heterocycles. The van der Waals surface area contributed by atoms with E-state index in [-0.39, 0.29) is 5.57 Å². The van der Waals surface area contributed by atoms with Crippen molar-refractivity contribution >= 4 is 28.2 Å². The second kappa shape index (κ2) is 10.1. The van der Waals surface area contributed by atoms with Gasteiger partial charge in [-0.25, -0.2) is 5.01 Å². The summed E-state index contributed by atoms with van der Waals surface area (Å²) in [4.78, 5) is 0. The van der Waals surface area contributed by atoms with Gasteiger partial charge in [-0.15, -0.1) is 0 Å². The average molecular weight is 452 g/mol. The van der Waals surface area contributed by atoms with Crippen molar-refractivity contribution in [2.24, 2.45) is 16.8 Å². The summed E-state index contributed by atoms with van der Waals surface area (Å²) in [6, 6.07) is 23.5. The molecule has 1 heterocycles. The molecule has 0 bridgehead atoms. The van der Waals surface area contributed by atoms with Gasteiger partial charge in [0.1, 0.15) is 29.7 Å². The minimum absolute atomic E-state index is 0.260. The van der Waals surface area contributed by atoms with E-state index in [4.69, 9.17) is 15.2 Å². The molecule has 3 aromatic carbocycles. The van der Waals surface area contributed by atoms with Crippen LogP contribution in [-0.2, 0) is 0 Å². The van der Waals surface area contributed by atoms with Crippen LogP contribution in [0.15, 0.2) is 71.3 Å². The van der Waals surface area contributed by atoms with Crippen LogP contribution in [0.25, 0.3) is 16.8 Å². The number of fused-ring (bicyclic) bond motifs is 1. The third kappa shape index (κ3) is 4.30. The fourth-order valence-corrected chi connectivity index (χ4v) is 4.01. The molecule has 0 aromatic heterocycles. The highest BCUT2D eigenvalue weighted by Gasteiger charge is 2.37. The lowest BCUT2D eigenvalue weighted by Crippen LogP contribution is -2.40. The molecule has 1 aliphatic rings. The Kier molecular flexibility index (Phi) is 6.77. The number of benzene rings is 3. The average Bonchev–Trinajstić information content (AvgIpc) is 3.20. The summed E-state index contributed by atoms with van der Waals surface area (Å²) in [6.07, 6.45) is 1.02. The number of hydrazone groups is 1. The van der Waals surface area contributed by atoms with E-state index in [1.807, 2.05) is 74.5 Å². The third-order valence-corrected chi connectivity index (χ3v) is 5.58. The Balaban J connectivity index is 1.88. The molecule has 0 saturated heterocycles. The summed E-state index contributed by atoms with van der Waals surface area (Å²) in [5, 5.41) is 28.0. The second-order valence-electron chi connectivity index (χ2n) is 7.66. The Bertz CT molecular complexity index is 1330. The molecule has 0 saturated carbocycles. The predicted molar refractivity (Wildman–Crippen MR) is 133 cm³/mol. The lowest BCUT2D eigenvalue weighted by Gasteiger charge is -2.21. The molecule has 2 atom stereocenters. The number of allylic oxidation sites excluding steroid dienone is 1. The Labute approximate surface area is 198 Å². The van der Waals surface area contributed by atoms with Crippen molar-refractivity contribution in [3.05, 3.63) is 71.8 Å². The second-order valence-corrected chi connectivity index (χ2v) is 7.66. The van der Waals surface area contributed by atoms with Crippen LogP contribution in [0.5, 0.6) is 11.5 Å². The van der Waals surface area contributed by atoms with Gasteiger partial charge >= 0.3 is 0 Å². The van der Waals surface area contributed by atoms with Crippen LogP contribution < -0.4 is 20.2 Å². The Morgan fingerprint density at radius 3 is 2.47 bits per heavy atom. The molecule has 0 unspecified atom stereocenters. The van der Waals surface area contributed by atoms with Crippen LogP contribution in [0.3, 0.4) is 0 Å². The molecule has 0 radical (unpaired) electrons. The minimum atomic E-state index is -0.768. The van der Waals surface area contributed by atoms with Gasteiger partial charge in [-0.05, 0) is 61.0 Å². The van der Waals surface area contributed by atoms with Crippen molar-refractivity contribution in [1.82, 2.24) is 0 Å². The third-order valence-electron chi connectivity index (χ3n) is 5.58. The van der Waals surface area contributed by atoms with Crippen molar-refractivity contribution < 1.29 is 9.47 Å². The van der Waals surface area contributed by atoms with Crippen LogP contribution in [0.2, 0.25) is 0 Å². The van der Waals surface area contributed by atoms with Gasteiger partial charge in [0.05, 0.1) is 36.3 Å². The smallest absolute Gasteiger partial charge is 0.127 e. The molecule has 0 aliphatic carbocycles. The number of hydrogen-bond donors (Lipinski definition) is 1. The first kappa shape index (κ1) is 22.8. The number of anilines is 1. The predicted octanol–water partition coefficient (Wildman–Crippen LogP) is 4.84. The standard InChI is InChI=1S/C27H25N5O2/c1-3-33-21-12-10-18-11-13-25(34-4-2)23(22(18)15-21)14-19(16-28)26-24(17-29)27(30)32(31-26)20-8-6-5-7-9-20/h5-15,24,27H,3-4,30H2,1-2H3/b19-14-/t24-,27+/m0/s1. The molecule has 4 rings (SSSR count). The first-order chi connectivity index (χ1) is 16.6. The molecule has 0 fully saturated rings. The minimum Gasteiger partial charge on any atom is -0.494 e. The van der Waals surface area contributed by atoms with Crippen molar-refractivity contribution in [1.29, 1.82) is 10.5 Å². The highest BCUT2D eigenvalue weighted by Crippen LogP contribution is 2.35. The molecular weight excluding hydrogens is 426 g/mol. The van der Waals surface area contributed by atoms with Gasteiger partial charge in [0.2, 0.25) is 0 Å². The van der Waals surface area contributed by atoms with Crippen LogP contribution in [0.4, 0.5) is 5.69 Å². The summed E-state index contributed by atoms with van der Waals surface area (Å²) in [7, 11) is 0. The fraction of sp³-hybridized carbons (Fsp3) is 0.222. The summed E-state index contributed by atoms with van der Waals surface area (Å²) in [5.41, 5.74) is 8.45. The fourth-order valence-electron chi connectivity index (χ4n) is 4.01. The van der Waals surface area contributed by atoms with Crippen molar-refractivity contribution in [3.63, 3.8) is 0 Å².